The van der Waals surface area contributed by atoms with Gasteiger partial charge < -0.3 is 14.4 Å². The van der Waals surface area contributed by atoms with Gasteiger partial charge in [0.25, 0.3) is 0 Å². The fourth-order valence-corrected chi connectivity index (χ4v) is 3.30. The Morgan fingerprint density at radius 3 is 2.48 bits per heavy atom. The van der Waals surface area contributed by atoms with Crippen molar-refractivity contribution in [3.05, 3.63) is 72.0 Å². The van der Waals surface area contributed by atoms with E-state index < -0.39 is 0 Å². The highest BCUT2D eigenvalue weighted by molar-refractivity contribution is 5.67. The molecule has 0 unspecified atom stereocenters. The van der Waals surface area contributed by atoms with E-state index in [9.17, 15) is 5.11 Å². The summed E-state index contributed by atoms with van der Waals surface area (Å²) in [5.41, 5.74) is 4.35. The number of aromatic nitrogens is 1. The molecule has 138 valence electrons. The minimum Gasteiger partial charge on any atom is -0.508 e. The van der Waals surface area contributed by atoms with E-state index in [0.29, 0.717) is 5.75 Å². The van der Waals surface area contributed by atoms with Gasteiger partial charge in [-0.3, -0.25) is 4.90 Å². The molecule has 1 aromatic heterocycles. The maximum atomic E-state index is 9.42. The molecule has 0 amide bonds. The summed E-state index contributed by atoms with van der Waals surface area (Å²) < 4.78 is 10.7. The summed E-state index contributed by atoms with van der Waals surface area (Å²) in [6.45, 7) is 2.57. The second-order valence-electron chi connectivity index (χ2n) is 6.67. The zero-order valence-electron chi connectivity index (χ0n) is 15.3. The zero-order chi connectivity index (χ0) is 18.6. The number of methoxy groups -OCH3 is 1. The van der Waals surface area contributed by atoms with Crippen LogP contribution in [0.2, 0.25) is 0 Å². The van der Waals surface area contributed by atoms with Crippen LogP contribution in [0.15, 0.2) is 65.2 Å². The molecule has 5 nitrogen and oxygen atoms in total. The van der Waals surface area contributed by atoms with Gasteiger partial charge in [0.15, 0.2) is 5.76 Å². The summed E-state index contributed by atoms with van der Waals surface area (Å²) in [6, 6.07) is 17.2. The molecular weight excluding hydrogens is 340 g/mol. The number of benzene rings is 2. The molecule has 1 N–H and O–H groups in total. The molecule has 0 fully saturated rings. The quantitative estimate of drug-likeness (QED) is 0.731. The highest BCUT2D eigenvalue weighted by atomic mass is 16.5. The lowest BCUT2D eigenvalue weighted by Gasteiger charge is -2.25. The predicted molar refractivity (Wildman–Crippen MR) is 104 cm³/mol. The molecule has 5 heteroatoms. The molecule has 0 bridgehead atoms. The molecule has 1 aliphatic heterocycles. The predicted octanol–water partition coefficient (Wildman–Crippen LogP) is 4.35. The average Bonchev–Trinajstić information content (AvgIpc) is 3.18. The molecule has 0 saturated heterocycles. The summed E-state index contributed by atoms with van der Waals surface area (Å²) in [5, 5.41) is 13.6. The number of hydrogen-bond donors (Lipinski definition) is 1. The van der Waals surface area contributed by atoms with E-state index >= 15 is 0 Å². The number of phenols is 1. The summed E-state index contributed by atoms with van der Waals surface area (Å²) >= 11 is 0. The lowest BCUT2D eigenvalue weighted by molar-refractivity contribution is 0.251. The number of ether oxygens (including phenoxy) is 1. The normalized spacial score (nSPS) is 14.8. The monoisotopic (exact) mass is 362 g/mol. The lowest BCUT2D eigenvalue weighted by atomic mass is 9.99. The number of aromatic hydroxyl groups is 1. The molecule has 4 rings (SSSR count). The Morgan fingerprint density at radius 1 is 1.07 bits per heavy atom. The molecular formula is C22H22N2O3. The molecule has 2 heterocycles. The molecule has 2 aromatic carbocycles. The highest BCUT2D eigenvalue weighted by Crippen LogP contribution is 2.26. The van der Waals surface area contributed by atoms with E-state index in [4.69, 9.17) is 9.26 Å². The van der Waals surface area contributed by atoms with Crippen molar-refractivity contribution in [1.82, 2.24) is 10.1 Å². The Kier molecular flexibility index (Phi) is 4.94. The maximum Gasteiger partial charge on any atom is 0.151 e. The Balaban J connectivity index is 1.39. The van der Waals surface area contributed by atoms with Gasteiger partial charge in [-0.05, 0) is 54.0 Å². The van der Waals surface area contributed by atoms with Crippen molar-refractivity contribution in [3.63, 3.8) is 0 Å². The molecule has 0 atom stereocenters. The van der Waals surface area contributed by atoms with Crippen LogP contribution in [0.3, 0.4) is 0 Å². The van der Waals surface area contributed by atoms with E-state index in [2.05, 4.69) is 16.1 Å². The summed E-state index contributed by atoms with van der Waals surface area (Å²) in [7, 11) is 1.66. The van der Waals surface area contributed by atoms with Crippen LogP contribution < -0.4 is 4.74 Å². The first-order valence-electron chi connectivity index (χ1n) is 9.02. The highest BCUT2D eigenvalue weighted by Gasteiger charge is 2.16. The molecule has 1 aliphatic rings. The smallest absolute Gasteiger partial charge is 0.151 e. The second kappa shape index (κ2) is 7.68. The number of nitrogens with zero attached hydrogens (tertiary/aromatic N) is 2. The van der Waals surface area contributed by atoms with Crippen molar-refractivity contribution in [2.45, 2.75) is 13.0 Å². The minimum atomic E-state index is 0.301. The van der Waals surface area contributed by atoms with Crippen molar-refractivity contribution in [2.75, 3.05) is 20.2 Å². The molecule has 0 aliphatic carbocycles. The topological polar surface area (TPSA) is 58.7 Å². The van der Waals surface area contributed by atoms with E-state index in [0.717, 1.165) is 48.8 Å². The van der Waals surface area contributed by atoms with Gasteiger partial charge in [-0.15, -0.1) is 0 Å². The van der Waals surface area contributed by atoms with Crippen LogP contribution in [-0.2, 0) is 6.54 Å². The van der Waals surface area contributed by atoms with E-state index in [1.165, 1.54) is 11.1 Å². The van der Waals surface area contributed by atoms with Gasteiger partial charge in [0.1, 0.15) is 17.2 Å². The van der Waals surface area contributed by atoms with Gasteiger partial charge in [-0.25, -0.2) is 0 Å². The number of rotatable bonds is 5. The molecule has 0 radical (unpaired) electrons. The Hall–Kier alpha value is -3.05. The largest absolute Gasteiger partial charge is 0.508 e. The van der Waals surface area contributed by atoms with Gasteiger partial charge >= 0.3 is 0 Å². The zero-order valence-corrected chi connectivity index (χ0v) is 15.3. The van der Waals surface area contributed by atoms with Gasteiger partial charge in [0.05, 0.1) is 13.7 Å². The van der Waals surface area contributed by atoms with Crippen LogP contribution in [0.5, 0.6) is 11.5 Å². The van der Waals surface area contributed by atoms with Gasteiger partial charge in [-0.1, -0.05) is 23.4 Å². The van der Waals surface area contributed by atoms with Crippen LogP contribution in [-0.4, -0.2) is 35.4 Å². The summed E-state index contributed by atoms with van der Waals surface area (Å²) in [6.07, 6.45) is 3.22. The third kappa shape index (κ3) is 4.04. The number of hydrogen-bond acceptors (Lipinski definition) is 5. The Labute approximate surface area is 158 Å². The van der Waals surface area contributed by atoms with Gasteiger partial charge in [-0.2, -0.15) is 0 Å². The molecule has 3 aromatic rings. The van der Waals surface area contributed by atoms with E-state index in [1.54, 1.807) is 19.2 Å². The van der Waals surface area contributed by atoms with Crippen molar-refractivity contribution in [2.24, 2.45) is 0 Å². The third-order valence-corrected chi connectivity index (χ3v) is 4.86. The second-order valence-corrected chi connectivity index (χ2v) is 6.67. The van der Waals surface area contributed by atoms with Crippen LogP contribution in [0.4, 0.5) is 0 Å². The van der Waals surface area contributed by atoms with Gasteiger partial charge in [0.2, 0.25) is 0 Å². The SMILES string of the molecule is COc1ccc(-c2cc(CN3CC=C(c4ccc(O)cc4)CC3)on2)cc1. The summed E-state index contributed by atoms with van der Waals surface area (Å²) in [5.74, 6) is 1.99. The van der Waals surface area contributed by atoms with Crippen molar-refractivity contribution < 1.29 is 14.4 Å². The van der Waals surface area contributed by atoms with Crippen molar-refractivity contribution in [1.29, 1.82) is 0 Å². The van der Waals surface area contributed by atoms with Crippen molar-refractivity contribution in [3.8, 4) is 22.8 Å². The summed E-state index contributed by atoms with van der Waals surface area (Å²) in [4.78, 5) is 2.34. The van der Waals surface area contributed by atoms with E-state index in [-0.39, 0.29) is 0 Å². The van der Waals surface area contributed by atoms with Crippen LogP contribution in [0.1, 0.15) is 17.7 Å². The van der Waals surface area contributed by atoms with Crippen LogP contribution >= 0.6 is 0 Å². The lowest BCUT2D eigenvalue weighted by Crippen LogP contribution is -2.27. The maximum absolute atomic E-state index is 9.42. The first-order chi connectivity index (χ1) is 13.2. The van der Waals surface area contributed by atoms with Gasteiger partial charge in [0, 0.05) is 24.7 Å². The fourth-order valence-electron chi connectivity index (χ4n) is 3.30. The minimum absolute atomic E-state index is 0.301. The third-order valence-electron chi connectivity index (χ3n) is 4.86. The standard InChI is InChI=1S/C22H22N2O3/c1-26-20-8-4-18(5-9-20)22-14-21(27-23-22)15-24-12-10-17(11-13-24)16-2-6-19(25)7-3-16/h2-10,14,25H,11-13,15H2,1H3. The number of phenolic OH excluding ortho intramolecular Hbond substituents is 1. The van der Waals surface area contributed by atoms with Crippen LogP contribution in [0, 0.1) is 0 Å². The van der Waals surface area contributed by atoms with Crippen LogP contribution in [0.25, 0.3) is 16.8 Å². The first-order valence-corrected chi connectivity index (χ1v) is 9.02. The van der Waals surface area contributed by atoms with E-state index in [1.807, 2.05) is 42.5 Å². The first kappa shape index (κ1) is 17.4. The average molecular weight is 362 g/mol. The fraction of sp³-hybridized carbons (Fsp3) is 0.227. The molecule has 27 heavy (non-hydrogen) atoms. The Morgan fingerprint density at radius 2 is 1.81 bits per heavy atom. The molecule has 0 spiro atoms. The molecule has 0 saturated carbocycles. The van der Waals surface area contributed by atoms with Crippen molar-refractivity contribution >= 4 is 5.57 Å². The Bertz CT molecular complexity index is 927.